The number of primary amides is 1. The quantitative estimate of drug-likeness (QED) is 0.416. The van der Waals surface area contributed by atoms with E-state index in [9.17, 15) is 4.79 Å². The summed E-state index contributed by atoms with van der Waals surface area (Å²) in [5.74, 6) is 0.119. The zero-order valence-corrected chi connectivity index (χ0v) is 16.9. The Labute approximate surface area is 182 Å². The zero-order valence-electron chi connectivity index (χ0n) is 16.1. The monoisotopic (exact) mass is 426 g/mol. The number of rotatable bonds is 4. The van der Waals surface area contributed by atoms with E-state index in [1.165, 1.54) is 0 Å². The maximum absolute atomic E-state index is 11.4. The third-order valence-electron chi connectivity index (χ3n) is 4.99. The van der Waals surface area contributed by atoms with Gasteiger partial charge < -0.3 is 10.3 Å². The molecule has 0 saturated carbocycles. The minimum Gasteiger partial charge on any atom is -0.366 e. The van der Waals surface area contributed by atoms with Crippen LogP contribution in [-0.2, 0) is 0 Å². The van der Waals surface area contributed by atoms with Crippen LogP contribution in [0.5, 0.6) is 0 Å². The number of carbonyl (C=O) groups excluding carboxylic acids is 1. The van der Waals surface area contributed by atoms with Crippen LogP contribution >= 0.6 is 11.6 Å². The van der Waals surface area contributed by atoms with E-state index in [0.717, 1.165) is 21.9 Å². The highest BCUT2D eigenvalue weighted by Crippen LogP contribution is 2.33. The van der Waals surface area contributed by atoms with Crippen LogP contribution in [0.4, 0.5) is 0 Å². The zero-order chi connectivity index (χ0) is 21.4. The van der Waals surface area contributed by atoms with Gasteiger partial charge in [0.2, 0.25) is 5.91 Å². The van der Waals surface area contributed by atoms with Crippen molar-refractivity contribution in [2.75, 3.05) is 0 Å². The Morgan fingerprint density at radius 1 is 0.806 bits per heavy atom. The molecule has 0 aliphatic rings. The number of aromatic nitrogens is 3. The Morgan fingerprint density at radius 2 is 1.52 bits per heavy atom. The summed E-state index contributed by atoms with van der Waals surface area (Å²) in [6.45, 7) is 0. The lowest BCUT2D eigenvalue weighted by molar-refractivity contribution is 0.100. The number of benzene rings is 3. The van der Waals surface area contributed by atoms with Gasteiger partial charge in [-0.1, -0.05) is 65.3 Å². The highest BCUT2D eigenvalue weighted by Gasteiger charge is 2.16. The van der Waals surface area contributed by atoms with Gasteiger partial charge in [0.15, 0.2) is 5.76 Å². The number of hydrogen-bond donors (Lipinski definition) is 1. The molecule has 7 heteroatoms. The Hall–Kier alpha value is -4.03. The Kier molecular flexibility index (Phi) is 4.69. The largest absolute Gasteiger partial charge is 0.366 e. The van der Waals surface area contributed by atoms with Crippen LogP contribution in [-0.4, -0.2) is 21.3 Å². The van der Waals surface area contributed by atoms with Crippen molar-refractivity contribution in [1.82, 2.24) is 15.4 Å². The Bertz CT molecular complexity index is 1430. The first-order chi connectivity index (χ1) is 15.1. The molecule has 0 aliphatic carbocycles. The van der Waals surface area contributed by atoms with Crippen molar-refractivity contribution in [2.24, 2.45) is 5.73 Å². The fourth-order valence-electron chi connectivity index (χ4n) is 3.46. The average molecular weight is 427 g/mol. The molecule has 0 fully saturated rings. The number of nitrogens with zero attached hydrogens (tertiary/aromatic N) is 3. The van der Waals surface area contributed by atoms with Crippen LogP contribution in [0.3, 0.4) is 0 Å². The molecule has 6 nitrogen and oxygen atoms in total. The third kappa shape index (κ3) is 3.53. The molecule has 150 valence electrons. The van der Waals surface area contributed by atoms with Crippen molar-refractivity contribution in [1.29, 1.82) is 0 Å². The molecular formula is C24H15ClN4O2. The third-order valence-corrected chi connectivity index (χ3v) is 5.23. The van der Waals surface area contributed by atoms with Crippen molar-refractivity contribution in [2.45, 2.75) is 0 Å². The fraction of sp³-hybridized carbons (Fsp3) is 0. The molecule has 0 unspecified atom stereocenters. The predicted octanol–water partition coefficient (Wildman–Crippen LogP) is 5.37. The van der Waals surface area contributed by atoms with E-state index in [4.69, 9.17) is 21.9 Å². The number of carbonyl (C=O) groups is 1. The van der Waals surface area contributed by atoms with Crippen LogP contribution in [0.1, 0.15) is 10.4 Å². The lowest BCUT2D eigenvalue weighted by atomic mass is 10.0. The molecule has 0 aliphatic heterocycles. The molecule has 0 spiro atoms. The summed E-state index contributed by atoms with van der Waals surface area (Å²) in [7, 11) is 0. The predicted molar refractivity (Wildman–Crippen MR) is 119 cm³/mol. The molecular weight excluding hydrogens is 412 g/mol. The van der Waals surface area contributed by atoms with E-state index in [2.05, 4.69) is 15.4 Å². The van der Waals surface area contributed by atoms with E-state index in [-0.39, 0.29) is 0 Å². The van der Waals surface area contributed by atoms with Gasteiger partial charge >= 0.3 is 0 Å². The van der Waals surface area contributed by atoms with Crippen LogP contribution in [0.2, 0.25) is 5.02 Å². The first kappa shape index (κ1) is 19.0. The van der Waals surface area contributed by atoms with Gasteiger partial charge in [-0.25, -0.2) is 0 Å². The summed E-state index contributed by atoms with van der Waals surface area (Å²) in [4.78, 5) is 11.4. The Morgan fingerprint density at radius 3 is 2.23 bits per heavy atom. The highest BCUT2D eigenvalue weighted by molar-refractivity contribution is 6.30. The van der Waals surface area contributed by atoms with E-state index >= 15 is 0 Å². The number of hydrogen-bond acceptors (Lipinski definition) is 5. The van der Waals surface area contributed by atoms with Gasteiger partial charge in [-0.05, 0) is 24.3 Å². The molecule has 0 atom stereocenters. The molecule has 0 bridgehead atoms. The van der Waals surface area contributed by atoms with Crippen LogP contribution in [0.15, 0.2) is 83.4 Å². The van der Waals surface area contributed by atoms with E-state index in [1.807, 2.05) is 60.7 Å². The Balaban J connectivity index is 1.61. The van der Waals surface area contributed by atoms with Crippen molar-refractivity contribution in [3.63, 3.8) is 0 Å². The summed E-state index contributed by atoms with van der Waals surface area (Å²) in [6.07, 6.45) is 0. The molecule has 5 aromatic rings. The smallest absolute Gasteiger partial charge is 0.248 e. The minimum absolute atomic E-state index is 0.439. The van der Waals surface area contributed by atoms with Gasteiger partial charge in [0, 0.05) is 38.6 Å². The first-order valence-electron chi connectivity index (χ1n) is 9.49. The maximum atomic E-state index is 11.4. The molecule has 5 rings (SSSR count). The van der Waals surface area contributed by atoms with Crippen molar-refractivity contribution >= 4 is 28.3 Å². The highest BCUT2D eigenvalue weighted by atomic mass is 35.5. The molecule has 31 heavy (non-hydrogen) atoms. The van der Waals surface area contributed by atoms with Crippen LogP contribution < -0.4 is 5.73 Å². The summed E-state index contributed by atoms with van der Waals surface area (Å²) in [5, 5.41) is 15.5. The second-order valence-electron chi connectivity index (χ2n) is 6.97. The van der Waals surface area contributed by atoms with Gasteiger partial charge in [-0.15, -0.1) is 10.2 Å². The van der Waals surface area contributed by atoms with Gasteiger partial charge in [-0.2, -0.15) is 0 Å². The number of amides is 1. The molecule has 2 heterocycles. The molecule has 0 radical (unpaired) electrons. The normalized spacial score (nSPS) is 11.0. The average Bonchev–Trinajstić information content (AvgIpc) is 3.28. The lowest BCUT2D eigenvalue weighted by Crippen LogP contribution is -2.10. The van der Waals surface area contributed by atoms with Crippen molar-refractivity contribution < 1.29 is 9.32 Å². The van der Waals surface area contributed by atoms with E-state index in [0.29, 0.717) is 33.4 Å². The van der Waals surface area contributed by atoms with Gasteiger partial charge in [0.1, 0.15) is 17.1 Å². The number of nitrogens with two attached hydrogens (primary N) is 1. The summed E-state index contributed by atoms with van der Waals surface area (Å²) in [5.41, 5.74) is 9.34. The summed E-state index contributed by atoms with van der Waals surface area (Å²) in [6, 6.07) is 24.0. The number of halogens is 1. The molecule has 1 amide bonds. The maximum Gasteiger partial charge on any atom is 0.248 e. The molecule has 0 saturated heterocycles. The SMILES string of the molecule is NC(=O)c1ccc(-c2nnc(-c3cc(-c4cccc(Cl)c4)on3)c3ccccc23)cc1. The topological polar surface area (TPSA) is 94.9 Å². The standard InChI is InChI=1S/C24H15ClN4O2/c25-17-5-3-4-16(12-17)21-13-20(29-31-21)23-19-7-2-1-6-18(19)22(27-28-23)14-8-10-15(11-9-14)24(26)30/h1-13H,(H2,26,30). The first-order valence-corrected chi connectivity index (χ1v) is 9.86. The van der Waals surface area contributed by atoms with Crippen molar-refractivity contribution in [3.8, 4) is 34.0 Å². The van der Waals surface area contributed by atoms with Gasteiger partial charge in [0.05, 0.1) is 0 Å². The second-order valence-corrected chi connectivity index (χ2v) is 7.41. The van der Waals surface area contributed by atoms with E-state index in [1.54, 1.807) is 18.2 Å². The molecule has 3 aromatic carbocycles. The summed E-state index contributed by atoms with van der Waals surface area (Å²) >= 11 is 6.09. The fourth-order valence-corrected chi connectivity index (χ4v) is 3.65. The van der Waals surface area contributed by atoms with E-state index < -0.39 is 5.91 Å². The van der Waals surface area contributed by atoms with Crippen LogP contribution in [0.25, 0.3) is 44.7 Å². The van der Waals surface area contributed by atoms with Gasteiger partial charge in [-0.3, -0.25) is 4.79 Å². The molecule has 2 N–H and O–H groups in total. The lowest BCUT2D eigenvalue weighted by Gasteiger charge is -2.08. The molecule has 2 aromatic heterocycles. The van der Waals surface area contributed by atoms with Gasteiger partial charge in [0.25, 0.3) is 0 Å². The second kappa shape index (κ2) is 7.66. The van der Waals surface area contributed by atoms with Crippen LogP contribution in [0, 0.1) is 0 Å². The van der Waals surface area contributed by atoms with Crippen molar-refractivity contribution in [3.05, 3.63) is 89.4 Å². The minimum atomic E-state index is -0.473. The number of fused-ring (bicyclic) bond motifs is 1. The summed E-state index contributed by atoms with van der Waals surface area (Å²) < 4.78 is 5.54.